The maximum absolute atomic E-state index is 12.3. The molecular weight excluding hydrogens is 334 g/mol. The topological polar surface area (TPSA) is 95.1 Å². The van der Waals surface area contributed by atoms with Crippen LogP contribution in [0.4, 0.5) is 6.01 Å². The van der Waals surface area contributed by atoms with Gasteiger partial charge in [-0.3, -0.25) is 14.8 Å². The molecule has 2 heterocycles. The highest BCUT2D eigenvalue weighted by Crippen LogP contribution is 2.18. The molecule has 0 saturated heterocycles. The number of amides is 1. The number of rotatable bonds is 8. The second kappa shape index (κ2) is 8.28. The van der Waals surface area contributed by atoms with Crippen molar-refractivity contribution in [3.63, 3.8) is 0 Å². The molecule has 0 aliphatic carbocycles. The molecule has 0 atom stereocenters. The smallest absolute Gasteiger partial charge is 0.322 e. The maximum atomic E-state index is 12.3. The number of ether oxygens (including phenoxy) is 1. The number of anilines is 1. The fourth-order valence-corrected chi connectivity index (χ4v) is 2.32. The molecular formula is C18H21N5O3. The number of aromatic nitrogens is 4. The van der Waals surface area contributed by atoms with Crippen LogP contribution < -0.4 is 10.1 Å². The first-order valence-corrected chi connectivity index (χ1v) is 8.53. The van der Waals surface area contributed by atoms with E-state index in [0.29, 0.717) is 17.9 Å². The molecule has 3 rings (SSSR count). The molecule has 1 amide bonds. The van der Waals surface area contributed by atoms with E-state index >= 15 is 0 Å². The lowest BCUT2D eigenvalue weighted by Crippen LogP contribution is -2.12. The highest BCUT2D eigenvalue weighted by molar-refractivity contribution is 6.03. The number of unbranched alkanes of at least 4 members (excludes halogenated alkanes) is 2. The SMILES string of the molecule is CCCCCOc1ccc(C(=O)Nc2nnc(-c3ccn(C)n3)o2)cc1. The van der Waals surface area contributed by atoms with Crippen molar-refractivity contribution in [3.8, 4) is 17.3 Å². The Labute approximate surface area is 151 Å². The van der Waals surface area contributed by atoms with Crippen LogP contribution in [0.5, 0.6) is 5.75 Å². The lowest BCUT2D eigenvalue weighted by Gasteiger charge is -2.06. The van der Waals surface area contributed by atoms with Gasteiger partial charge in [0, 0.05) is 18.8 Å². The number of hydrogen-bond donors (Lipinski definition) is 1. The van der Waals surface area contributed by atoms with Gasteiger partial charge in [0.25, 0.3) is 11.8 Å². The van der Waals surface area contributed by atoms with Gasteiger partial charge in [-0.15, -0.1) is 5.10 Å². The summed E-state index contributed by atoms with van der Waals surface area (Å²) in [6.07, 6.45) is 5.09. The van der Waals surface area contributed by atoms with Crippen LogP contribution in [0, 0.1) is 0 Å². The Morgan fingerprint density at radius 3 is 2.69 bits per heavy atom. The lowest BCUT2D eigenvalue weighted by atomic mass is 10.2. The van der Waals surface area contributed by atoms with Crippen LogP contribution in [0.25, 0.3) is 11.6 Å². The van der Waals surface area contributed by atoms with Gasteiger partial charge < -0.3 is 9.15 Å². The minimum Gasteiger partial charge on any atom is -0.494 e. The summed E-state index contributed by atoms with van der Waals surface area (Å²) in [6, 6.07) is 8.71. The van der Waals surface area contributed by atoms with Gasteiger partial charge in [0.15, 0.2) is 0 Å². The summed E-state index contributed by atoms with van der Waals surface area (Å²) in [5.41, 5.74) is 1.02. The van der Waals surface area contributed by atoms with E-state index in [1.54, 1.807) is 48.3 Å². The molecule has 2 aromatic heterocycles. The summed E-state index contributed by atoms with van der Waals surface area (Å²) in [5.74, 6) is 0.656. The molecule has 8 heteroatoms. The third-order valence-corrected chi connectivity index (χ3v) is 3.71. The van der Waals surface area contributed by atoms with Crippen molar-refractivity contribution in [1.29, 1.82) is 0 Å². The van der Waals surface area contributed by atoms with E-state index in [4.69, 9.17) is 9.15 Å². The van der Waals surface area contributed by atoms with Gasteiger partial charge in [-0.1, -0.05) is 24.9 Å². The molecule has 1 N–H and O–H groups in total. The van der Waals surface area contributed by atoms with E-state index in [0.717, 1.165) is 25.0 Å². The molecule has 26 heavy (non-hydrogen) atoms. The molecule has 0 radical (unpaired) electrons. The highest BCUT2D eigenvalue weighted by Gasteiger charge is 2.14. The van der Waals surface area contributed by atoms with E-state index < -0.39 is 0 Å². The summed E-state index contributed by atoms with van der Waals surface area (Å²) < 4.78 is 12.7. The van der Waals surface area contributed by atoms with Crippen LogP contribution in [0.15, 0.2) is 40.9 Å². The van der Waals surface area contributed by atoms with Crippen LogP contribution in [-0.2, 0) is 7.05 Å². The number of aryl methyl sites for hydroxylation is 1. The highest BCUT2D eigenvalue weighted by atomic mass is 16.5. The minimum absolute atomic E-state index is 0.0237. The molecule has 0 aliphatic rings. The third-order valence-electron chi connectivity index (χ3n) is 3.71. The molecule has 0 bridgehead atoms. The first-order valence-electron chi connectivity index (χ1n) is 8.53. The number of carbonyl (C=O) groups is 1. The van der Waals surface area contributed by atoms with Crippen molar-refractivity contribution in [1.82, 2.24) is 20.0 Å². The zero-order chi connectivity index (χ0) is 18.4. The molecule has 1 aromatic carbocycles. The van der Waals surface area contributed by atoms with Gasteiger partial charge in [0.2, 0.25) is 0 Å². The first kappa shape index (κ1) is 17.7. The number of benzene rings is 1. The van der Waals surface area contributed by atoms with Crippen molar-refractivity contribution in [2.24, 2.45) is 7.05 Å². The van der Waals surface area contributed by atoms with Gasteiger partial charge in [0.05, 0.1) is 6.61 Å². The van der Waals surface area contributed by atoms with Crippen LogP contribution in [-0.4, -0.2) is 32.5 Å². The normalized spacial score (nSPS) is 10.7. The molecule has 3 aromatic rings. The lowest BCUT2D eigenvalue weighted by molar-refractivity contribution is 0.102. The van der Waals surface area contributed by atoms with E-state index in [9.17, 15) is 4.79 Å². The Balaban J connectivity index is 1.57. The van der Waals surface area contributed by atoms with E-state index in [-0.39, 0.29) is 17.8 Å². The Hall–Kier alpha value is -3.16. The first-order chi connectivity index (χ1) is 12.7. The van der Waals surface area contributed by atoms with E-state index in [1.165, 1.54) is 0 Å². The summed E-state index contributed by atoms with van der Waals surface area (Å²) in [4.78, 5) is 12.3. The van der Waals surface area contributed by atoms with Crippen molar-refractivity contribution in [2.75, 3.05) is 11.9 Å². The Morgan fingerprint density at radius 1 is 1.19 bits per heavy atom. The molecule has 136 valence electrons. The van der Waals surface area contributed by atoms with Gasteiger partial charge in [-0.25, -0.2) is 0 Å². The molecule has 0 saturated carbocycles. The van der Waals surface area contributed by atoms with Crippen molar-refractivity contribution >= 4 is 11.9 Å². The fraction of sp³-hybridized carbons (Fsp3) is 0.333. The molecule has 0 aliphatic heterocycles. The quantitative estimate of drug-likeness (QED) is 0.623. The fourth-order valence-electron chi connectivity index (χ4n) is 2.32. The third kappa shape index (κ3) is 4.47. The van der Waals surface area contributed by atoms with Crippen LogP contribution in [0.1, 0.15) is 36.5 Å². The standard InChI is InChI=1S/C18H21N5O3/c1-3-4-5-12-25-14-8-6-13(7-9-14)16(24)19-18-21-20-17(26-18)15-10-11-23(2)22-15/h6-11H,3-5,12H2,1-2H3,(H,19,21,24). The summed E-state index contributed by atoms with van der Waals surface area (Å²) >= 11 is 0. The predicted octanol–water partition coefficient (Wildman–Crippen LogP) is 3.29. The van der Waals surface area contributed by atoms with Crippen molar-refractivity contribution in [3.05, 3.63) is 42.1 Å². The number of nitrogens with zero attached hydrogens (tertiary/aromatic N) is 4. The average molecular weight is 355 g/mol. The van der Waals surface area contributed by atoms with Crippen molar-refractivity contribution < 1.29 is 13.9 Å². The van der Waals surface area contributed by atoms with Gasteiger partial charge >= 0.3 is 6.01 Å². The van der Waals surface area contributed by atoms with Gasteiger partial charge in [0.1, 0.15) is 11.4 Å². The van der Waals surface area contributed by atoms with Crippen LogP contribution >= 0.6 is 0 Å². The number of carbonyl (C=O) groups excluding carboxylic acids is 1. The van der Waals surface area contributed by atoms with Gasteiger partial charge in [-0.2, -0.15) is 5.10 Å². The zero-order valence-electron chi connectivity index (χ0n) is 14.8. The summed E-state index contributed by atoms with van der Waals surface area (Å²) in [7, 11) is 1.79. The monoisotopic (exact) mass is 355 g/mol. The Bertz CT molecular complexity index is 854. The Morgan fingerprint density at radius 2 is 2.00 bits per heavy atom. The van der Waals surface area contributed by atoms with Gasteiger partial charge in [-0.05, 0) is 36.8 Å². The second-order valence-corrected chi connectivity index (χ2v) is 5.82. The number of hydrogen-bond acceptors (Lipinski definition) is 6. The van der Waals surface area contributed by atoms with Crippen LogP contribution in [0.2, 0.25) is 0 Å². The maximum Gasteiger partial charge on any atom is 0.322 e. The largest absolute Gasteiger partial charge is 0.494 e. The summed E-state index contributed by atoms with van der Waals surface area (Å²) in [5, 5.41) is 14.5. The average Bonchev–Trinajstić information content (AvgIpc) is 3.28. The van der Waals surface area contributed by atoms with Crippen molar-refractivity contribution in [2.45, 2.75) is 26.2 Å². The molecule has 0 spiro atoms. The second-order valence-electron chi connectivity index (χ2n) is 5.82. The van der Waals surface area contributed by atoms with E-state index in [2.05, 4.69) is 27.5 Å². The molecule has 0 fully saturated rings. The van der Waals surface area contributed by atoms with E-state index in [1.807, 2.05) is 0 Å². The number of nitrogens with one attached hydrogen (secondary N) is 1. The predicted molar refractivity (Wildman–Crippen MR) is 95.9 cm³/mol. The summed E-state index contributed by atoms with van der Waals surface area (Å²) in [6.45, 7) is 2.83. The zero-order valence-corrected chi connectivity index (χ0v) is 14.8. The Kier molecular flexibility index (Phi) is 5.62. The molecule has 8 nitrogen and oxygen atoms in total. The molecule has 0 unspecified atom stereocenters. The minimum atomic E-state index is -0.334. The van der Waals surface area contributed by atoms with Crippen LogP contribution in [0.3, 0.4) is 0 Å².